The number of aryl methyl sites for hydroxylation is 1. The molecule has 2 fully saturated rings. The number of aromatic hydroxyl groups is 1. The van der Waals surface area contributed by atoms with E-state index in [-0.39, 0.29) is 23.6 Å². The van der Waals surface area contributed by atoms with Crippen LogP contribution >= 0.6 is 0 Å². The van der Waals surface area contributed by atoms with Gasteiger partial charge in [-0.2, -0.15) is 0 Å². The van der Waals surface area contributed by atoms with Crippen LogP contribution in [0, 0.1) is 12.8 Å². The number of aromatic nitrogens is 2. The minimum atomic E-state index is 0.0759. The molecule has 0 atom stereocenters. The number of phenolic OH excluding ortho intramolecular Hbond substituents is 1. The molecule has 0 unspecified atom stereocenters. The highest BCUT2D eigenvalue weighted by Gasteiger charge is 2.27. The average Bonchev–Trinajstić information content (AvgIpc) is 2.84. The Morgan fingerprint density at radius 3 is 2.58 bits per heavy atom. The Hall–Kier alpha value is -3.19. The topological polar surface area (TPSA) is 87.6 Å². The van der Waals surface area contributed by atoms with E-state index in [0.29, 0.717) is 24.6 Å². The van der Waals surface area contributed by atoms with Gasteiger partial charge in [0.05, 0.1) is 11.1 Å². The molecular formula is C26H30N4O3. The molecule has 2 aliphatic heterocycles. The van der Waals surface area contributed by atoms with E-state index in [4.69, 9.17) is 14.7 Å². The van der Waals surface area contributed by atoms with E-state index < -0.39 is 0 Å². The number of carbonyl (C=O) groups excluding carboxylic acids is 1. The predicted octanol–water partition coefficient (Wildman–Crippen LogP) is 3.82. The summed E-state index contributed by atoms with van der Waals surface area (Å²) in [5.74, 6) is 1.82. The Labute approximate surface area is 193 Å². The minimum Gasteiger partial charge on any atom is -0.507 e. The van der Waals surface area contributed by atoms with Crippen LogP contribution in [0.25, 0.3) is 22.3 Å². The monoisotopic (exact) mass is 446 g/mol. The first kappa shape index (κ1) is 21.6. The summed E-state index contributed by atoms with van der Waals surface area (Å²) in [4.78, 5) is 24.6. The summed E-state index contributed by atoms with van der Waals surface area (Å²) < 4.78 is 5.38. The second-order valence-corrected chi connectivity index (χ2v) is 9.07. The van der Waals surface area contributed by atoms with Crippen LogP contribution in [-0.4, -0.2) is 53.3 Å². The summed E-state index contributed by atoms with van der Waals surface area (Å²) in [5.41, 5.74) is 2.62. The lowest BCUT2D eigenvalue weighted by Crippen LogP contribution is -2.47. The molecule has 0 spiro atoms. The zero-order valence-electron chi connectivity index (χ0n) is 19.0. The van der Waals surface area contributed by atoms with E-state index >= 15 is 0 Å². The van der Waals surface area contributed by atoms with Crippen LogP contribution in [-0.2, 0) is 9.53 Å². The summed E-state index contributed by atoms with van der Waals surface area (Å²) in [6, 6.07) is 13.6. The van der Waals surface area contributed by atoms with Crippen molar-refractivity contribution < 1.29 is 14.6 Å². The molecule has 2 aliphatic rings. The minimum absolute atomic E-state index is 0.0759. The van der Waals surface area contributed by atoms with Gasteiger partial charge in [-0.1, -0.05) is 18.2 Å². The molecular weight excluding hydrogens is 416 g/mol. The highest BCUT2D eigenvalue weighted by atomic mass is 16.5. The van der Waals surface area contributed by atoms with Gasteiger partial charge in [0.25, 0.3) is 0 Å². The molecule has 1 aromatic heterocycles. The number of para-hydroxylation sites is 1. The number of hydrogen-bond acceptors (Lipinski definition) is 6. The maximum Gasteiger partial charge on any atom is 0.223 e. The molecule has 172 valence electrons. The zero-order chi connectivity index (χ0) is 22.8. The van der Waals surface area contributed by atoms with E-state index in [0.717, 1.165) is 61.1 Å². The Kier molecular flexibility index (Phi) is 6.13. The average molecular weight is 447 g/mol. The maximum atomic E-state index is 12.6. The van der Waals surface area contributed by atoms with Crippen molar-refractivity contribution in [2.45, 2.75) is 38.6 Å². The largest absolute Gasteiger partial charge is 0.507 e. The quantitative estimate of drug-likeness (QED) is 0.634. The Bertz CT molecular complexity index is 1150. The van der Waals surface area contributed by atoms with Crippen LogP contribution in [0.1, 0.15) is 31.2 Å². The van der Waals surface area contributed by atoms with Crippen LogP contribution < -0.4 is 10.2 Å². The predicted molar refractivity (Wildman–Crippen MR) is 128 cm³/mol. The molecule has 5 rings (SSSR count). The van der Waals surface area contributed by atoms with E-state index in [2.05, 4.69) is 28.4 Å². The van der Waals surface area contributed by atoms with E-state index in [1.165, 1.54) is 0 Å². The van der Waals surface area contributed by atoms with Crippen molar-refractivity contribution in [2.24, 2.45) is 5.92 Å². The Morgan fingerprint density at radius 1 is 1.06 bits per heavy atom. The first-order valence-electron chi connectivity index (χ1n) is 11.8. The third kappa shape index (κ3) is 4.64. The van der Waals surface area contributed by atoms with Crippen LogP contribution in [0.3, 0.4) is 0 Å². The summed E-state index contributed by atoms with van der Waals surface area (Å²) in [6.07, 6.45) is 3.37. The fourth-order valence-corrected chi connectivity index (χ4v) is 4.76. The maximum absolute atomic E-state index is 12.6. The normalized spacial score (nSPS) is 17.9. The van der Waals surface area contributed by atoms with Gasteiger partial charge in [0.15, 0.2) is 5.82 Å². The molecule has 2 saturated heterocycles. The Morgan fingerprint density at radius 2 is 1.82 bits per heavy atom. The number of ether oxygens (including phenoxy) is 1. The summed E-state index contributed by atoms with van der Waals surface area (Å²) in [6.45, 7) is 5.01. The van der Waals surface area contributed by atoms with Crippen LogP contribution in [0.15, 0.2) is 42.5 Å². The van der Waals surface area contributed by atoms with Crippen molar-refractivity contribution in [3.05, 3.63) is 48.0 Å². The molecule has 2 aromatic carbocycles. The van der Waals surface area contributed by atoms with Crippen molar-refractivity contribution in [2.75, 3.05) is 31.2 Å². The van der Waals surface area contributed by atoms with Crippen LogP contribution in [0.4, 0.5) is 5.82 Å². The zero-order valence-corrected chi connectivity index (χ0v) is 19.0. The molecule has 1 amide bonds. The number of benzene rings is 2. The van der Waals surface area contributed by atoms with Crippen molar-refractivity contribution in [1.82, 2.24) is 15.3 Å². The Balaban J connectivity index is 1.37. The van der Waals surface area contributed by atoms with Crippen LogP contribution in [0.2, 0.25) is 0 Å². The van der Waals surface area contributed by atoms with Gasteiger partial charge < -0.3 is 20.1 Å². The number of nitrogens with zero attached hydrogens (tertiary/aromatic N) is 3. The van der Waals surface area contributed by atoms with E-state index in [1.54, 1.807) is 12.1 Å². The van der Waals surface area contributed by atoms with E-state index in [1.807, 2.05) is 19.1 Å². The molecule has 3 aromatic rings. The number of piperidine rings is 1. The van der Waals surface area contributed by atoms with Crippen molar-refractivity contribution in [3.63, 3.8) is 0 Å². The number of hydrogen-bond donors (Lipinski definition) is 2. The number of fused-ring (bicyclic) bond motifs is 1. The van der Waals surface area contributed by atoms with Crippen molar-refractivity contribution in [3.8, 4) is 17.1 Å². The molecule has 0 radical (unpaired) electrons. The molecule has 0 aliphatic carbocycles. The number of nitrogens with one attached hydrogen (secondary N) is 1. The standard InChI is InChI=1S/C26H30N4O3/c1-17-6-7-20-22(16-17)28-24(21-4-2-3-5-23(21)31)29-25(20)30-12-8-19(9-13-30)27-26(32)18-10-14-33-15-11-18/h2-7,16,18-19,31H,8-15H2,1H3,(H,27,32). The first-order valence-corrected chi connectivity index (χ1v) is 11.8. The lowest BCUT2D eigenvalue weighted by Gasteiger charge is -2.34. The van der Waals surface area contributed by atoms with Gasteiger partial charge in [0.1, 0.15) is 11.6 Å². The molecule has 0 saturated carbocycles. The van der Waals surface area contributed by atoms with Gasteiger partial charge >= 0.3 is 0 Å². The fraction of sp³-hybridized carbons (Fsp3) is 0.423. The van der Waals surface area contributed by atoms with Crippen molar-refractivity contribution in [1.29, 1.82) is 0 Å². The van der Waals surface area contributed by atoms with Gasteiger partial charge in [-0.05, 0) is 62.4 Å². The third-order valence-electron chi connectivity index (χ3n) is 6.71. The second-order valence-electron chi connectivity index (χ2n) is 9.07. The lowest BCUT2D eigenvalue weighted by molar-refractivity contribution is -0.128. The fourth-order valence-electron chi connectivity index (χ4n) is 4.76. The molecule has 3 heterocycles. The highest BCUT2D eigenvalue weighted by molar-refractivity contribution is 5.92. The third-order valence-corrected chi connectivity index (χ3v) is 6.71. The van der Waals surface area contributed by atoms with Gasteiger partial charge in [-0.3, -0.25) is 4.79 Å². The molecule has 33 heavy (non-hydrogen) atoms. The number of anilines is 1. The number of rotatable bonds is 4. The van der Waals surface area contributed by atoms with Gasteiger partial charge in [0.2, 0.25) is 5.91 Å². The van der Waals surface area contributed by atoms with Gasteiger partial charge in [-0.15, -0.1) is 0 Å². The van der Waals surface area contributed by atoms with Gasteiger partial charge in [-0.25, -0.2) is 9.97 Å². The molecule has 2 N–H and O–H groups in total. The molecule has 7 nitrogen and oxygen atoms in total. The number of phenols is 1. The summed E-state index contributed by atoms with van der Waals surface area (Å²) >= 11 is 0. The number of carbonyl (C=O) groups is 1. The van der Waals surface area contributed by atoms with Crippen molar-refractivity contribution >= 4 is 22.6 Å². The first-order chi connectivity index (χ1) is 16.1. The van der Waals surface area contributed by atoms with Crippen LogP contribution in [0.5, 0.6) is 5.75 Å². The second kappa shape index (κ2) is 9.35. The SMILES string of the molecule is Cc1ccc2c(N3CCC(NC(=O)C4CCOCC4)CC3)nc(-c3ccccc3O)nc2c1. The summed E-state index contributed by atoms with van der Waals surface area (Å²) in [7, 11) is 0. The summed E-state index contributed by atoms with van der Waals surface area (Å²) in [5, 5.41) is 14.6. The van der Waals surface area contributed by atoms with Gasteiger partial charge in [0, 0.05) is 43.6 Å². The van der Waals surface area contributed by atoms with E-state index in [9.17, 15) is 9.90 Å². The smallest absolute Gasteiger partial charge is 0.223 e. The molecule has 0 bridgehead atoms. The number of amides is 1. The lowest BCUT2D eigenvalue weighted by atomic mass is 9.97. The molecule has 7 heteroatoms. The highest BCUT2D eigenvalue weighted by Crippen LogP contribution is 2.33.